The predicted molar refractivity (Wildman–Crippen MR) is 93.5 cm³/mol. The zero-order valence-corrected chi connectivity index (χ0v) is 14.0. The number of hydrogen-bond acceptors (Lipinski definition) is 7. The number of hydrogen-bond donors (Lipinski definition) is 3. The quantitative estimate of drug-likeness (QED) is 0.402. The third-order valence-electron chi connectivity index (χ3n) is 3.26. The Morgan fingerprint density at radius 3 is 2.07 bits per heavy atom. The topological polar surface area (TPSA) is 173 Å². The first-order valence-electron chi connectivity index (χ1n) is 7.31. The van der Waals surface area contributed by atoms with Gasteiger partial charge in [-0.1, -0.05) is 18.2 Å². The first kappa shape index (κ1) is 21.0. The zero-order chi connectivity index (χ0) is 20.6. The summed E-state index contributed by atoms with van der Waals surface area (Å²) >= 11 is 0. The molecule has 0 saturated carbocycles. The summed E-state index contributed by atoms with van der Waals surface area (Å²) in [6, 6.07) is 10.9. The summed E-state index contributed by atoms with van der Waals surface area (Å²) in [4.78, 5) is 38.9. The van der Waals surface area contributed by atoms with Gasteiger partial charge in [0.05, 0.1) is 9.85 Å². The molecule has 0 aliphatic heterocycles. The van der Waals surface area contributed by atoms with Crippen molar-refractivity contribution in [1.29, 1.82) is 0 Å². The molecule has 0 unspecified atom stereocenters. The molecular weight excluding hydrogens is 362 g/mol. The zero-order valence-electron chi connectivity index (χ0n) is 14.0. The van der Waals surface area contributed by atoms with Gasteiger partial charge >= 0.3 is 11.9 Å². The smallest absolute Gasteiger partial charge is 0.414 e. The van der Waals surface area contributed by atoms with Gasteiger partial charge in [-0.3, -0.25) is 20.2 Å². The molecule has 2 rings (SSSR count). The minimum Gasteiger partial charge on any atom is -0.473 e. The number of carboxylic acid groups (broad SMARTS) is 2. The van der Waals surface area contributed by atoms with Gasteiger partial charge in [0.2, 0.25) is 0 Å². The van der Waals surface area contributed by atoms with Gasteiger partial charge in [0.15, 0.2) is 0 Å². The van der Waals surface area contributed by atoms with Gasteiger partial charge in [0.25, 0.3) is 11.4 Å². The fourth-order valence-electron chi connectivity index (χ4n) is 1.99. The average molecular weight is 377 g/mol. The van der Waals surface area contributed by atoms with Crippen LogP contribution >= 0.6 is 0 Å². The summed E-state index contributed by atoms with van der Waals surface area (Å²) in [5.41, 5.74) is 2.04. The maximum atomic E-state index is 10.9. The molecule has 11 heteroatoms. The monoisotopic (exact) mass is 377 g/mol. The number of aryl methyl sites for hydroxylation is 1. The Balaban J connectivity index is 0.000000527. The van der Waals surface area contributed by atoms with Crippen LogP contribution in [0.15, 0.2) is 42.5 Å². The number of aliphatic carboxylic acids is 2. The lowest BCUT2D eigenvalue weighted by atomic mass is 10.1. The first-order valence-corrected chi connectivity index (χ1v) is 7.31. The lowest BCUT2D eigenvalue weighted by Crippen LogP contribution is -2.09. The number of benzene rings is 2. The van der Waals surface area contributed by atoms with Gasteiger partial charge < -0.3 is 15.5 Å². The Hall–Kier alpha value is -4.02. The Bertz CT molecular complexity index is 870. The van der Waals surface area contributed by atoms with Crippen molar-refractivity contribution >= 4 is 29.0 Å². The number of nitrogens with one attached hydrogen (secondary N) is 1. The van der Waals surface area contributed by atoms with E-state index >= 15 is 0 Å². The minimum absolute atomic E-state index is 0.0174. The van der Waals surface area contributed by atoms with E-state index in [-0.39, 0.29) is 17.9 Å². The highest BCUT2D eigenvalue weighted by Gasteiger charge is 2.13. The fraction of sp³-hybridized carbons (Fsp3) is 0.125. The van der Waals surface area contributed by atoms with Gasteiger partial charge in [-0.15, -0.1) is 0 Å². The van der Waals surface area contributed by atoms with Gasteiger partial charge in [-0.2, -0.15) is 0 Å². The van der Waals surface area contributed by atoms with Crippen LogP contribution in [0.3, 0.4) is 0 Å². The highest BCUT2D eigenvalue weighted by molar-refractivity contribution is 6.27. The molecular formula is C16H15N3O8. The molecule has 0 aromatic heterocycles. The van der Waals surface area contributed by atoms with Crippen LogP contribution in [-0.2, 0) is 16.1 Å². The van der Waals surface area contributed by atoms with E-state index in [0.717, 1.165) is 0 Å². The Kier molecular flexibility index (Phi) is 7.37. The molecule has 0 radical (unpaired) electrons. The molecule has 0 fully saturated rings. The van der Waals surface area contributed by atoms with Crippen molar-refractivity contribution < 1.29 is 29.6 Å². The molecule has 3 N–H and O–H groups in total. The fourth-order valence-corrected chi connectivity index (χ4v) is 1.99. The second-order valence-corrected chi connectivity index (χ2v) is 5.11. The van der Waals surface area contributed by atoms with Crippen LogP contribution in [0, 0.1) is 27.2 Å². The molecule has 0 atom stereocenters. The van der Waals surface area contributed by atoms with E-state index in [2.05, 4.69) is 5.32 Å². The summed E-state index contributed by atoms with van der Waals surface area (Å²) in [5.74, 6) is -3.65. The van der Waals surface area contributed by atoms with E-state index in [4.69, 9.17) is 19.8 Å². The second kappa shape index (κ2) is 9.46. The van der Waals surface area contributed by atoms with Gasteiger partial charge in [-0.05, 0) is 18.6 Å². The van der Waals surface area contributed by atoms with E-state index in [1.807, 2.05) is 0 Å². The van der Waals surface area contributed by atoms with E-state index in [9.17, 15) is 20.2 Å². The van der Waals surface area contributed by atoms with E-state index in [1.165, 1.54) is 18.2 Å². The number of carboxylic acids is 2. The number of nitro benzene ring substituents is 2. The largest absolute Gasteiger partial charge is 0.473 e. The summed E-state index contributed by atoms with van der Waals surface area (Å²) in [6.45, 7) is 2.02. The lowest BCUT2D eigenvalue weighted by molar-refractivity contribution is -0.385. The van der Waals surface area contributed by atoms with Crippen molar-refractivity contribution in [3.8, 4) is 0 Å². The normalized spacial score (nSPS) is 9.52. The van der Waals surface area contributed by atoms with Gasteiger partial charge in [-0.25, -0.2) is 9.59 Å². The Labute approximate surface area is 152 Å². The SMILES string of the molecule is Cc1cc([N+](=O)[O-])ccc1NCc1ccccc1[N+](=O)[O-].O=C(O)C(=O)O. The first-order chi connectivity index (χ1) is 12.6. The van der Waals surface area contributed by atoms with Gasteiger partial charge in [0.1, 0.15) is 0 Å². The molecule has 2 aromatic carbocycles. The third-order valence-corrected chi connectivity index (χ3v) is 3.26. The van der Waals surface area contributed by atoms with Crippen LogP contribution in [0.1, 0.15) is 11.1 Å². The number of non-ortho nitro benzene ring substituents is 1. The third kappa shape index (κ3) is 6.42. The maximum Gasteiger partial charge on any atom is 0.414 e. The standard InChI is InChI=1S/C14H13N3O4.C2H2O4/c1-10-8-12(16(18)19)6-7-13(10)15-9-11-4-2-3-5-14(11)17(20)21;3-1(4)2(5)6/h2-8,15H,9H2,1H3;(H,3,4)(H,5,6). The molecule has 0 bridgehead atoms. The van der Waals surface area contributed by atoms with Crippen molar-refractivity contribution in [1.82, 2.24) is 0 Å². The molecule has 0 aliphatic carbocycles. The van der Waals surface area contributed by atoms with E-state index < -0.39 is 21.8 Å². The van der Waals surface area contributed by atoms with Crippen LogP contribution < -0.4 is 5.32 Å². The molecule has 27 heavy (non-hydrogen) atoms. The van der Waals surface area contributed by atoms with Crippen molar-refractivity contribution in [3.63, 3.8) is 0 Å². The number of carbonyl (C=O) groups is 2. The van der Waals surface area contributed by atoms with Crippen LogP contribution in [0.2, 0.25) is 0 Å². The lowest BCUT2D eigenvalue weighted by Gasteiger charge is -2.09. The van der Waals surface area contributed by atoms with Crippen LogP contribution in [0.5, 0.6) is 0 Å². The Morgan fingerprint density at radius 1 is 1.00 bits per heavy atom. The molecule has 0 amide bonds. The minimum atomic E-state index is -1.82. The van der Waals surface area contributed by atoms with Crippen LogP contribution in [-0.4, -0.2) is 32.0 Å². The van der Waals surface area contributed by atoms with Gasteiger partial charge in [0, 0.05) is 36.0 Å². The molecule has 142 valence electrons. The Morgan fingerprint density at radius 2 is 1.59 bits per heavy atom. The number of nitrogens with zero attached hydrogens (tertiary/aromatic N) is 2. The average Bonchev–Trinajstić information content (AvgIpc) is 2.61. The van der Waals surface area contributed by atoms with Crippen molar-refractivity contribution in [2.45, 2.75) is 13.5 Å². The van der Waals surface area contributed by atoms with E-state index in [0.29, 0.717) is 16.8 Å². The van der Waals surface area contributed by atoms with Crippen molar-refractivity contribution in [3.05, 3.63) is 73.8 Å². The number of anilines is 1. The van der Waals surface area contributed by atoms with Crippen LogP contribution in [0.25, 0.3) is 0 Å². The number of nitro groups is 2. The molecule has 0 spiro atoms. The molecule has 2 aromatic rings. The molecule has 11 nitrogen and oxygen atoms in total. The van der Waals surface area contributed by atoms with Crippen molar-refractivity contribution in [2.24, 2.45) is 0 Å². The van der Waals surface area contributed by atoms with Crippen molar-refractivity contribution in [2.75, 3.05) is 5.32 Å². The van der Waals surface area contributed by atoms with E-state index in [1.54, 1.807) is 31.2 Å². The number of rotatable bonds is 5. The maximum absolute atomic E-state index is 10.9. The summed E-state index contributed by atoms with van der Waals surface area (Å²) in [7, 11) is 0. The summed E-state index contributed by atoms with van der Waals surface area (Å²) in [5, 5.41) is 39.4. The number of para-hydroxylation sites is 1. The molecule has 0 saturated heterocycles. The highest BCUT2D eigenvalue weighted by Crippen LogP contribution is 2.23. The second-order valence-electron chi connectivity index (χ2n) is 5.11. The summed E-state index contributed by atoms with van der Waals surface area (Å²) < 4.78 is 0. The van der Waals surface area contributed by atoms with Crippen LogP contribution in [0.4, 0.5) is 17.1 Å². The predicted octanol–water partition coefficient (Wildman–Crippen LogP) is 2.58. The summed E-state index contributed by atoms with van der Waals surface area (Å²) in [6.07, 6.45) is 0. The highest BCUT2D eigenvalue weighted by atomic mass is 16.6. The molecule has 0 aliphatic rings. The molecule has 0 heterocycles.